The van der Waals surface area contributed by atoms with Gasteiger partial charge in [0.2, 0.25) is 0 Å². The van der Waals surface area contributed by atoms with Gasteiger partial charge < -0.3 is 24.2 Å². The van der Waals surface area contributed by atoms with Gasteiger partial charge in [0.05, 0.1) is 12.1 Å². The minimum absolute atomic E-state index is 0.0337. The molecule has 0 atom stereocenters. The van der Waals surface area contributed by atoms with E-state index in [1.54, 1.807) is 30.3 Å². The number of halogens is 2. The monoisotopic (exact) mass is 407 g/mol. The van der Waals surface area contributed by atoms with Gasteiger partial charge in [-0.05, 0) is 42.3 Å². The van der Waals surface area contributed by atoms with Gasteiger partial charge in [-0.25, -0.2) is 0 Å². The van der Waals surface area contributed by atoms with E-state index in [0.29, 0.717) is 29.0 Å². The lowest BCUT2D eigenvalue weighted by molar-refractivity contribution is -0.286. The van der Waals surface area contributed by atoms with Crippen molar-refractivity contribution in [3.63, 3.8) is 0 Å². The Morgan fingerprint density at radius 2 is 1.93 bits per heavy atom. The molecule has 0 radical (unpaired) electrons. The Kier molecular flexibility index (Phi) is 6.16. The highest BCUT2D eigenvalue weighted by atomic mass is 19.3. The Morgan fingerprint density at radius 3 is 2.69 bits per heavy atom. The fourth-order valence-corrected chi connectivity index (χ4v) is 2.69. The first kappa shape index (κ1) is 20.4. The summed E-state index contributed by atoms with van der Waals surface area (Å²) in [7, 11) is 0. The first-order valence-corrected chi connectivity index (χ1v) is 8.89. The van der Waals surface area contributed by atoms with Crippen molar-refractivity contribution >= 4 is 11.7 Å². The van der Waals surface area contributed by atoms with Crippen LogP contribution in [0.2, 0.25) is 0 Å². The normalized spacial score (nSPS) is 14.5. The van der Waals surface area contributed by atoms with E-state index in [1.165, 1.54) is 12.1 Å². The average molecular weight is 407 g/mol. The number of carboxylic acid groups (broad SMARTS) is 1. The number of alkyl halides is 2. The van der Waals surface area contributed by atoms with E-state index in [4.69, 9.17) is 14.7 Å². The summed E-state index contributed by atoms with van der Waals surface area (Å²) in [5.41, 5.74) is 1.76. The molecular weight excluding hydrogens is 388 g/mol. The molecular formula is C20H19F2NO6. The van der Waals surface area contributed by atoms with Crippen LogP contribution >= 0.6 is 0 Å². The molecule has 0 bridgehead atoms. The van der Waals surface area contributed by atoms with Gasteiger partial charge in [-0.1, -0.05) is 24.2 Å². The van der Waals surface area contributed by atoms with Crippen molar-refractivity contribution in [2.75, 3.05) is 13.2 Å². The molecule has 0 spiro atoms. The van der Waals surface area contributed by atoms with Crippen molar-refractivity contribution in [1.82, 2.24) is 0 Å². The third kappa shape index (κ3) is 5.56. The minimum atomic E-state index is -3.67. The zero-order valence-corrected chi connectivity index (χ0v) is 15.6. The maximum atomic E-state index is 13.1. The second kappa shape index (κ2) is 8.76. The number of hydrogen-bond acceptors (Lipinski definition) is 6. The molecule has 0 aromatic heterocycles. The first-order chi connectivity index (χ1) is 13.9. The SMILES string of the molecule is CC/C(=N\OCCOc1cccc(CC(=O)O)c1)c1ccc2c(c1)OC(F)(F)O2. The van der Waals surface area contributed by atoms with E-state index in [-0.39, 0.29) is 31.1 Å². The predicted molar refractivity (Wildman–Crippen MR) is 98.7 cm³/mol. The van der Waals surface area contributed by atoms with Crippen LogP contribution in [0.4, 0.5) is 8.78 Å². The Balaban J connectivity index is 1.53. The second-order valence-electron chi connectivity index (χ2n) is 6.12. The lowest BCUT2D eigenvalue weighted by Crippen LogP contribution is -2.25. The van der Waals surface area contributed by atoms with E-state index in [2.05, 4.69) is 14.6 Å². The Morgan fingerprint density at radius 1 is 1.14 bits per heavy atom. The summed E-state index contributed by atoms with van der Waals surface area (Å²) in [4.78, 5) is 16.0. The summed E-state index contributed by atoms with van der Waals surface area (Å²) in [5.74, 6) is -0.477. The molecule has 0 saturated carbocycles. The molecule has 0 unspecified atom stereocenters. The van der Waals surface area contributed by atoms with Gasteiger partial charge >= 0.3 is 12.3 Å². The standard InChI is InChI=1S/C20H19F2NO6/c1-2-16(14-6-7-17-18(12-14)29-20(21,22)28-17)23-27-9-8-26-15-5-3-4-13(10-15)11-19(24)25/h3-7,10,12H,2,8-9,11H2,1H3,(H,24,25)/b23-16+. The first-order valence-electron chi connectivity index (χ1n) is 8.89. The van der Waals surface area contributed by atoms with Crippen LogP contribution in [0.5, 0.6) is 17.2 Å². The molecule has 2 aromatic rings. The second-order valence-corrected chi connectivity index (χ2v) is 6.12. The van der Waals surface area contributed by atoms with Gasteiger partial charge in [0.15, 0.2) is 18.1 Å². The smallest absolute Gasteiger partial charge is 0.490 e. The number of carboxylic acids is 1. The molecule has 9 heteroatoms. The molecule has 1 heterocycles. The van der Waals surface area contributed by atoms with Crippen LogP contribution in [0, 0.1) is 0 Å². The summed E-state index contributed by atoms with van der Waals surface area (Å²) in [6.07, 6.45) is -3.24. The van der Waals surface area contributed by atoms with Crippen molar-refractivity contribution in [2.24, 2.45) is 5.16 Å². The maximum Gasteiger partial charge on any atom is 0.586 e. The number of hydrogen-bond donors (Lipinski definition) is 1. The van der Waals surface area contributed by atoms with Crippen LogP contribution in [0.3, 0.4) is 0 Å². The average Bonchev–Trinajstić information content (AvgIpc) is 2.97. The minimum Gasteiger partial charge on any atom is -0.490 e. The topological polar surface area (TPSA) is 86.6 Å². The fraction of sp³-hybridized carbons (Fsp3) is 0.300. The zero-order valence-electron chi connectivity index (χ0n) is 15.6. The van der Waals surface area contributed by atoms with Gasteiger partial charge in [-0.15, -0.1) is 8.78 Å². The summed E-state index contributed by atoms with van der Waals surface area (Å²) < 4.78 is 40.6. The highest BCUT2D eigenvalue weighted by molar-refractivity contribution is 6.00. The van der Waals surface area contributed by atoms with Crippen molar-refractivity contribution in [2.45, 2.75) is 26.1 Å². The highest BCUT2D eigenvalue weighted by Crippen LogP contribution is 2.41. The number of fused-ring (bicyclic) bond motifs is 1. The molecule has 0 fully saturated rings. The molecule has 0 saturated heterocycles. The van der Waals surface area contributed by atoms with Crippen molar-refractivity contribution in [3.8, 4) is 17.2 Å². The van der Waals surface area contributed by atoms with Gasteiger partial charge in [0.1, 0.15) is 12.4 Å². The Bertz CT molecular complexity index is 916. The Labute approximate surface area is 165 Å². The summed E-state index contributed by atoms with van der Waals surface area (Å²) >= 11 is 0. The van der Waals surface area contributed by atoms with Crippen LogP contribution < -0.4 is 14.2 Å². The fourth-order valence-electron chi connectivity index (χ4n) is 2.69. The third-order valence-corrected chi connectivity index (χ3v) is 3.94. The van der Waals surface area contributed by atoms with Crippen LogP contribution in [-0.2, 0) is 16.1 Å². The lowest BCUT2D eigenvalue weighted by Gasteiger charge is -2.08. The molecule has 1 N–H and O–H groups in total. The van der Waals surface area contributed by atoms with Crippen LogP contribution in [-0.4, -0.2) is 36.3 Å². The van der Waals surface area contributed by atoms with Crippen LogP contribution in [0.15, 0.2) is 47.6 Å². The van der Waals surface area contributed by atoms with Crippen molar-refractivity contribution in [3.05, 3.63) is 53.6 Å². The van der Waals surface area contributed by atoms with Gasteiger partial charge in [0, 0.05) is 5.56 Å². The molecule has 0 amide bonds. The number of rotatable bonds is 9. The van der Waals surface area contributed by atoms with Gasteiger partial charge in [-0.3, -0.25) is 4.79 Å². The highest BCUT2D eigenvalue weighted by Gasteiger charge is 2.43. The summed E-state index contributed by atoms with van der Waals surface area (Å²) in [5, 5.41) is 12.9. The van der Waals surface area contributed by atoms with Crippen LogP contribution in [0.1, 0.15) is 24.5 Å². The number of aliphatic carboxylic acids is 1. The summed E-state index contributed by atoms with van der Waals surface area (Å²) in [6, 6.07) is 11.2. The van der Waals surface area contributed by atoms with E-state index in [0.717, 1.165) is 0 Å². The molecule has 7 nitrogen and oxygen atoms in total. The predicted octanol–water partition coefficient (Wildman–Crippen LogP) is 3.84. The Hall–Kier alpha value is -3.36. The zero-order chi connectivity index (χ0) is 20.9. The van der Waals surface area contributed by atoms with Crippen molar-refractivity contribution in [1.29, 1.82) is 0 Å². The number of ether oxygens (including phenoxy) is 3. The van der Waals surface area contributed by atoms with Crippen molar-refractivity contribution < 1.29 is 37.7 Å². The van der Waals surface area contributed by atoms with E-state index < -0.39 is 12.3 Å². The molecule has 1 aliphatic heterocycles. The van der Waals surface area contributed by atoms with E-state index >= 15 is 0 Å². The number of carbonyl (C=O) groups is 1. The van der Waals surface area contributed by atoms with E-state index in [1.807, 2.05) is 6.92 Å². The molecule has 1 aliphatic rings. The molecule has 29 heavy (non-hydrogen) atoms. The van der Waals surface area contributed by atoms with Gasteiger partial charge in [0.25, 0.3) is 0 Å². The van der Waals surface area contributed by atoms with Gasteiger partial charge in [-0.2, -0.15) is 0 Å². The molecule has 154 valence electrons. The number of oxime groups is 1. The number of benzene rings is 2. The molecule has 3 rings (SSSR count). The summed E-state index contributed by atoms with van der Waals surface area (Å²) in [6.45, 7) is 2.20. The maximum absolute atomic E-state index is 13.1. The molecule has 2 aromatic carbocycles. The molecule has 0 aliphatic carbocycles. The largest absolute Gasteiger partial charge is 0.586 e. The van der Waals surface area contributed by atoms with Crippen LogP contribution in [0.25, 0.3) is 0 Å². The lowest BCUT2D eigenvalue weighted by atomic mass is 10.1. The van der Waals surface area contributed by atoms with E-state index in [9.17, 15) is 13.6 Å². The number of nitrogens with zero attached hydrogens (tertiary/aromatic N) is 1. The quantitative estimate of drug-likeness (QED) is 0.386. The third-order valence-electron chi connectivity index (χ3n) is 3.94.